The number of anilines is 1. The second-order valence-electron chi connectivity index (χ2n) is 6.24. The summed E-state index contributed by atoms with van der Waals surface area (Å²) < 4.78 is 0. The normalized spacial score (nSPS) is 11.1. The first-order valence-corrected chi connectivity index (χ1v) is 8.19. The number of nitrogens with one attached hydrogen (secondary N) is 2. The van der Waals surface area contributed by atoms with Crippen molar-refractivity contribution in [2.75, 3.05) is 12.4 Å². The molecule has 0 saturated heterocycles. The molecule has 0 radical (unpaired) electrons. The first-order chi connectivity index (χ1) is 10.8. The van der Waals surface area contributed by atoms with E-state index in [1.807, 2.05) is 18.2 Å². The molecule has 1 aromatic carbocycles. The molecule has 2 rings (SSSR count). The van der Waals surface area contributed by atoms with Gasteiger partial charge in [-0.25, -0.2) is 4.98 Å². The van der Waals surface area contributed by atoms with Gasteiger partial charge in [0.15, 0.2) is 0 Å². The monoisotopic (exact) mass is 331 g/mol. The molecule has 122 valence electrons. The standard InChI is InChI=1S/C17H21N3O2S/c1-17(2,3)16-19-10-13(23-16)15(22)20-12-8-6-5-7-11(12)9-14(21)18-4/h5-8,10H,9H2,1-4H3,(H,18,21)(H,20,22). The van der Waals surface area contributed by atoms with E-state index in [1.165, 1.54) is 11.3 Å². The van der Waals surface area contributed by atoms with Crippen LogP contribution in [-0.2, 0) is 16.6 Å². The maximum absolute atomic E-state index is 12.4. The SMILES string of the molecule is CNC(=O)Cc1ccccc1NC(=O)c1cnc(C(C)(C)C)s1. The van der Waals surface area contributed by atoms with Crippen LogP contribution in [0.5, 0.6) is 0 Å². The van der Waals surface area contributed by atoms with Crippen LogP contribution in [0.3, 0.4) is 0 Å². The topological polar surface area (TPSA) is 71.1 Å². The van der Waals surface area contributed by atoms with Gasteiger partial charge in [-0.05, 0) is 11.6 Å². The van der Waals surface area contributed by atoms with E-state index >= 15 is 0 Å². The molecule has 0 unspecified atom stereocenters. The van der Waals surface area contributed by atoms with E-state index in [4.69, 9.17) is 0 Å². The fourth-order valence-electron chi connectivity index (χ4n) is 1.97. The molecular weight excluding hydrogens is 310 g/mol. The number of amides is 2. The van der Waals surface area contributed by atoms with Crippen LogP contribution in [0.15, 0.2) is 30.5 Å². The van der Waals surface area contributed by atoms with E-state index in [0.29, 0.717) is 10.6 Å². The van der Waals surface area contributed by atoms with Crippen LogP contribution in [-0.4, -0.2) is 23.8 Å². The Morgan fingerprint density at radius 2 is 1.91 bits per heavy atom. The lowest BCUT2D eigenvalue weighted by Crippen LogP contribution is -2.21. The summed E-state index contributed by atoms with van der Waals surface area (Å²) in [7, 11) is 1.59. The van der Waals surface area contributed by atoms with Crippen LogP contribution >= 0.6 is 11.3 Å². The molecule has 23 heavy (non-hydrogen) atoms. The Balaban J connectivity index is 2.17. The lowest BCUT2D eigenvalue weighted by atomic mass is 9.98. The molecule has 2 amide bonds. The predicted molar refractivity (Wildman–Crippen MR) is 93.0 cm³/mol. The summed E-state index contributed by atoms with van der Waals surface area (Å²) in [5.41, 5.74) is 1.34. The molecule has 0 aliphatic rings. The summed E-state index contributed by atoms with van der Waals surface area (Å²) in [5, 5.41) is 6.38. The molecule has 0 spiro atoms. The number of aromatic nitrogens is 1. The van der Waals surface area contributed by atoms with Crippen molar-refractivity contribution in [1.29, 1.82) is 0 Å². The molecule has 2 N–H and O–H groups in total. The second-order valence-corrected chi connectivity index (χ2v) is 7.27. The highest BCUT2D eigenvalue weighted by Gasteiger charge is 2.20. The fraction of sp³-hybridized carbons (Fsp3) is 0.353. The summed E-state index contributed by atoms with van der Waals surface area (Å²) in [6, 6.07) is 7.30. The van der Waals surface area contributed by atoms with E-state index in [1.54, 1.807) is 19.3 Å². The molecule has 0 bridgehead atoms. The van der Waals surface area contributed by atoms with Gasteiger partial charge in [-0.1, -0.05) is 39.0 Å². The summed E-state index contributed by atoms with van der Waals surface area (Å²) in [6.45, 7) is 6.19. The van der Waals surface area contributed by atoms with Gasteiger partial charge in [-0.3, -0.25) is 9.59 Å². The Morgan fingerprint density at radius 1 is 1.22 bits per heavy atom. The second kappa shape index (κ2) is 6.91. The summed E-state index contributed by atoms with van der Waals surface area (Å²) >= 11 is 1.39. The van der Waals surface area contributed by atoms with Crippen molar-refractivity contribution >= 4 is 28.8 Å². The Morgan fingerprint density at radius 3 is 2.52 bits per heavy atom. The molecule has 0 aliphatic carbocycles. The number of nitrogens with zero attached hydrogens (tertiary/aromatic N) is 1. The lowest BCUT2D eigenvalue weighted by molar-refractivity contribution is -0.119. The minimum Gasteiger partial charge on any atom is -0.359 e. The lowest BCUT2D eigenvalue weighted by Gasteiger charge is -2.13. The van der Waals surface area contributed by atoms with E-state index in [2.05, 4.69) is 36.4 Å². The molecule has 6 heteroatoms. The molecule has 0 saturated carbocycles. The summed E-state index contributed by atoms with van der Waals surface area (Å²) in [4.78, 5) is 28.9. The Hall–Kier alpha value is -2.21. The zero-order valence-electron chi connectivity index (χ0n) is 13.8. The molecule has 0 fully saturated rings. The van der Waals surface area contributed by atoms with Crippen molar-refractivity contribution in [1.82, 2.24) is 10.3 Å². The van der Waals surface area contributed by atoms with E-state index < -0.39 is 0 Å². The molecule has 0 aliphatic heterocycles. The van der Waals surface area contributed by atoms with Gasteiger partial charge in [-0.15, -0.1) is 11.3 Å². The number of carbonyl (C=O) groups is 2. The van der Waals surface area contributed by atoms with Gasteiger partial charge in [-0.2, -0.15) is 0 Å². The number of hydrogen-bond donors (Lipinski definition) is 2. The molecule has 1 heterocycles. The average Bonchev–Trinajstić information content (AvgIpc) is 2.99. The number of carbonyl (C=O) groups excluding carboxylic acids is 2. The van der Waals surface area contributed by atoms with E-state index in [0.717, 1.165) is 10.6 Å². The molecular formula is C17H21N3O2S. The third kappa shape index (κ3) is 4.39. The van der Waals surface area contributed by atoms with Crippen LogP contribution in [0.2, 0.25) is 0 Å². The minimum absolute atomic E-state index is 0.0830. The van der Waals surface area contributed by atoms with Crippen LogP contribution in [0.4, 0.5) is 5.69 Å². The van der Waals surface area contributed by atoms with Crippen LogP contribution in [0.25, 0.3) is 0 Å². The third-order valence-electron chi connectivity index (χ3n) is 3.27. The quantitative estimate of drug-likeness (QED) is 0.905. The van der Waals surface area contributed by atoms with E-state index in [-0.39, 0.29) is 23.7 Å². The van der Waals surface area contributed by atoms with Crippen molar-refractivity contribution < 1.29 is 9.59 Å². The number of benzene rings is 1. The van der Waals surface area contributed by atoms with Crippen molar-refractivity contribution in [3.05, 3.63) is 45.9 Å². The van der Waals surface area contributed by atoms with Gasteiger partial charge < -0.3 is 10.6 Å². The van der Waals surface area contributed by atoms with Gasteiger partial charge in [0.1, 0.15) is 4.88 Å². The van der Waals surface area contributed by atoms with Gasteiger partial charge in [0.05, 0.1) is 17.6 Å². The number of thiazole rings is 1. The predicted octanol–water partition coefficient (Wildman–Crippen LogP) is 2.98. The minimum atomic E-state index is -0.206. The molecule has 1 aromatic heterocycles. The van der Waals surface area contributed by atoms with Crippen molar-refractivity contribution in [2.24, 2.45) is 0 Å². The van der Waals surface area contributed by atoms with Crippen LogP contribution in [0, 0.1) is 0 Å². The van der Waals surface area contributed by atoms with Crippen molar-refractivity contribution in [3.63, 3.8) is 0 Å². The van der Waals surface area contributed by atoms with Crippen molar-refractivity contribution in [3.8, 4) is 0 Å². The maximum Gasteiger partial charge on any atom is 0.267 e. The molecule has 2 aromatic rings. The largest absolute Gasteiger partial charge is 0.359 e. The smallest absolute Gasteiger partial charge is 0.267 e. The van der Waals surface area contributed by atoms with Crippen molar-refractivity contribution in [2.45, 2.75) is 32.6 Å². The Bertz CT molecular complexity index is 717. The average molecular weight is 331 g/mol. The Labute approximate surface area is 140 Å². The number of likely N-dealkylation sites (N-methyl/N-ethyl adjacent to an activating group) is 1. The fourth-order valence-corrected chi connectivity index (χ4v) is 2.84. The molecule has 5 nitrogen and oxygen atoms in total. The van der Waals surface area contributed by atoms with Gasteiger partial charge >= 0.3 is 0 Å². The highest BCUT2D eigenvalue weighted by atomic mass is 32.1. The highest BCUT2D eigenvalue weighted by Crippen LogP contribution is 2.27. The van der Waals surface area contributed by atoms with Gasteiger partial charge in [0.25, 0.3) is 5.91 Å². The first kappa shape index (κ1) is 17.1. The number of para-hydroxylation sites is 1. The van der Waals surface area contributed by atoms with E-state index in [9.17, 15) is 9.59 Å². The van der Waals surface area contributed by atoms with Gasteiger partial charge in [0, 0.05) is 18.2 Å². The number of hydrogen-bond acceptors (Lipinski definition) is 4. The van der Waals surface area contributed by atoms with Crippen LogP contribution in [0.1, 0.15) is 41.0 Å². The third-order valence-corrected chi connectivity index (χ3v) is 4.69. The number of rotatable bonds is 4. The highest BCUT2D eigenvalue weighted by molar-refractivity contribution is 7.13. The zero-order valence-corrected chi connectivity index (χ0v) is 14.6. The van der Waals surface area contributed by atoms with Gasteiger partial charge in [0.2, 0.25) is 5.91 Å². The summed E-state index contributed by atoms with van der Waals surface area (Å²) in [6.07, 6.45) is 1.82. The molecule has 0 atom stereocenters. The first-order valence-electron chi connectivity index (χ1n) is 7.37. The zero-order chi connectivity index (χ0) is 17.0. The van der Waals surface area contributed by atoms with Crippen LogP contribution < -0.4 is 10.6 Å². The summed E-state index contributed by atoms with van der Waals surface area (Å²) in [5.74, 6) is -0.304. The maximum atomic E-state index is 12.4. The Kier molecular flexibility index (Phi) is 5.15.